The number of hydrogen-bond donors (Lipinski definition) is 0. The van der Waals surface area contributed by atoms with Crippen LogP contribution in [0, 0.1) is 5.92 Å². The Morgan fingerprint density at radius 1 is 1.33 bits per heavy atom. The highest BCUT2D eigenvalue weighted by atomic mass is 79.9. The Bertz CT molecular complexity index is 538. The summed E-state index contributed by atoms with van der Waals surface area (Å²) in [5, 5.41) is 12.0. The first kappa shape index (κ1) is 11.9. The third-order valence-corrected chi connectivity index (χ3v) is 4.11. The maximum absolute atomic E-state index is 4.35. The molecule has 1 saturated heterocycles. The number of nitrogens with zero attached hydrogens (tertiary/aromatic N) is 3. The first-order valence-electron chi connectivity index (χ1n) is 6.40. The molecule has 1 atom stereocenters. The van der Waals surface area contributed by atoms with Crippen LogP contribution in [0.1, 0.15) is 12.8 Å². The van der Waals surface area contributed by atoms with E-state index < -0.39 is 0 Å². The Kier molecular flexibility index (Phi) is 3.46. The standard InChI is InChI=1S/C14H16BrN3/c15-7-5-11-6-8-18(10-11)14-13-4-2-1-3-12(13)9-16-17-14/h1-4,9,11H,5-8,10H2. The molecule has 0 saturated carbocycles. The average Bonchev–Trinajstić information content (AvgIpc) is 2.87. The molecule has 3 rings (SSSR count). The van der Waals surface area contributed by atoms with Crippen molar-refractivity contribution in [1.82, 2.24) is 10.2 Å². The van der Waals surface area contributed by atoms with Gasteiger partial charge in [0.15, 0.2) is 5.82 Å². The van der Waals surface area contributed by atoms with Gasteiger partial charge in [-0.15, -0.1) is 5.10 Å². The van der Waals surface area contributed by atoms with Crippen LogP contribution in [0.4, 0.5) is 5.82 Å². The fourth-order valence-electron chi connectivity index (χ4n) is 2.66. The van der Waals surface area contributed by atoms with Crippen molar-refractivity contribution < 1.29 is 0 Å². The first-order valence-corrected chi connectivity index (χ1v) is 7.52. The number of benzene rings is 1. The van der Waals surface area contributed by atoms with Gasteiger partial charge < -0.3 is 4.90 Å². The van der Waals surface area contributed by atoms with Gasteiger partial charge in [-0.05, 0) is 18.8 Å². The molecule has 1 unspecified atom stereocenters. The second-order valence-corrected chi connectivity index (χ2v) is 5.63. The molecule has 2 aromatic rings. The summed E-state index contributed by atoms with van der Waals surface area (Å²) in [6, 6.07) is 8.35. The van der Waals surface area contributed by atoms with Crippen molar-refractivity contribution in [2.45, 2.75) is 12.8 Å². The second kappa shape index (κ2) is 5.22. The monoisotopic (exact) mass is 305 g/mol. The van der Waals surface area contributed by atoms with Crippen molar-refractivity contribution in [1.29, 1.82) is 0 Å². The maximum atomic E-state index is 4.35. The number of aromatic nitrogens is 2. The molecule has 0 amide bonds. The van der Waals surface area contributed by atoms with Gasteiger partial charge in [-0.25, -0.2) is 0 Å². The van der Waals surface area contributed by atoms with Crippen LogP contribution >= 0.6 is 15.9 Å². The predicted molar refractivity (Wildman–Crippen MR) is 78.3 cm³/mol. The number of hydrogen-bond acceptors (Lipinski definition) is 3. The van der Waals surface area contributed by atoms with Crippen LogP contribution < -0.4 is 4.90 Å². The van der Waals surface area contributed by atoms with E-state index in [9.17, 15) is 0 Å². The van der Waals surface area contributed by atoms with Crippen molar-refractivity contribution >= 4 is 32.5 Å². The zero-order valence-electron chi connectivity index (χ0n) is 10.2. The fourth-order valence-corrected chi connectivity index (χ4v) is 3.31. The molecule has 0 bridgehead atoms. The zero-order valence-corrected chi connectivity index (χ0v) is 11.8. The minimum Gasteiger partial charge on any atom is -0.354 e. The van der Waals surface area contributed by atoms with E-state index in [1.807, 2.05) is 12.3 Å². The van der Waals surface area contributed by atoms with Crippen molar-refractivity contribution in [2.24, 2.45) is 5.92 Å². The van der Waals surface area contributed by atoms with Crippen LogP contribution in [0.5, 0.6) is 0 Å². The van der Waals surface area contributed by atoms with Gasteiger partial charge in [0.1, 0.15) is 0 Å². The molecule has 1 aromatic heterocycles. The molecule has 0 N–H and O–H groups in total. The molecule has 0 aliphatic carbocycles. The molecule has 1 aromatic carbocycles. The molecule has 3 nitrogen and oxygen atoms in total. The van der Waals surface area contributed by atoms with E-state index in [0.717, 1.165) is 30.2 Å². The number of anilines is 1. The van der Waals surface area contributed by atoms with E-state index in [0.29, 0.717) is 0 Å². The molecule has 94 valence electrons. The van der Waals surface area contributed by atoms with Gasteiger partial charge in [-0.1, -0.05) is 40.2 Å². The molecular formula is C14H16BrN3. The molecule has 18 heavy (non-hydrogen) atoms. The van der Waals surface area contributed by atoms with Crippen LogP contribution in [-0.4, -0.2) is 28.6 Å². The van der Waals surface area contributed by atoms with Crippen LogP contribution in [0.15, 0.2) is 30.5 Å². The Morgan fingerprint density at radius 2 is 2.22 bits per heavy atom. The summed E-state index contributed by atoms with van der Waals surface area (Å²) in [7, 11) is 0. The maximum Gasteiger partial charge on any atom is 0.159 e. The molecule has 4 heteroatoms. The molecule has 1 fully saturated rings. The number of halogens is 1. The Labute approximate surface area is 115 Å². The Morgan fingerprint density at radius 3 is 3.11 bits per heavy atom. The van der Waals surface area contributed by atoms with E-state index in [1.165, 1.54) is 23.6 Å². The van der Waals surface area contributed by atoms with E-state index in [2.05, 4.69) is 49.2 Å². The van der Waals surface area contributed by atoms with Crippen LogP contribution in [0.25, 0.3) is 10.8 Å². The highest BCUT2D eigenvalue weighted by Crippen LogP contribution is 2.29. The van der Waals surface area contributed by atoms with Crippen LogP contribution in [0.2, 0.25) is 0 Å². The topological polar surface area (TPSA) is 29.0 Å². The summed E-state index contributed by atoms with van der Waals surface area (Å²) in [4.78, 5) is 2.38. The molecule has 0 spiro atoms. The summed E-state index contributed by atoms with van der Waals surface area (Å²) in [6.45, 7) is 2.20. The van der Waals surface area contributed by atoms with Gasteiger partial charge >= 0.3 is 0 Å². The molecule has 2 heterocycles. The van der Waals surface area contributed by atoms with Gasteiger partial charge in [-0.3, -0.25) is 0 Å². The Hall–Kier alpha value is -1.16. The first-order chi connectivity index (χ1) is 8.88. The van der Waals surface area contributed by atoms with Gasteiger partial charge in [0.05, 0.1) is 6.20 Å². The highest BCUT2D eigenvalue weighted by Gasteiger charge is 2.24. The minimum atomic E-state index is 0.783. The lowest BCUT2D eigenvalue weighted by Gasteiger charge is -2.18. The van der Waals surface area contributed by atoms with Crippen molar-refractivity contribution in [2.75, 3.05) is 23.3 Å². The summed E-state index contributed by atoms with van der Waals surface area (Å²) < 4.78 is 0. The quantitative estimate of drug-likeness (QED) is 0.815. The van der Waals surface area contributed by atoms with Gasteiger partial charge in [0.25, 0.3) is 0 Å². The smallest absolute Gasteiger partial charge is 0.159 e. The number of fused-ring (bicyclic) bond motifs is 1. The lowest BCUT2D eigenvalue weighted by atomic mass is 10.1. The van der Waals surface area contributed by atoms with E-state index in [1.54, 1.807) is 0 Å². The summed E-state index contributed by atoms with van der Waals surface area (Å²) in [6.07, 6.45) is 4.34. The average molecular weight is 306 g/mol. The van der Waals surface area contributed by atoms with Crippen LogP contribution in [-0.2, 0) is 0 Å². The Balaban J connectivity index is 1.91. The number of alkyl halides is 1. The summed E-state index contributed by atoms with van der Waals surface area (Å²) in [5.74, 6) is 1.83. The van der Waals surface area contributed by atoms with E-state index in [-0.39, 0.29) is 0 Å². The van der Waals surface area contributed by atoms with Gasteiger partial charge in [0.2, 0.25) is 0 Å². The molecule has 0 radical (unpaired) electrons. The summed E-state index contributed by atoms with van der Waals surface area (Å²) in [5.41, 5.74) is 0. The van der Waals surface area contributed by atoms with Crippen molar-refractivity contribution in [3.63, 3.8) is 0 Å². The van der Waals surface area contributed by atoms with E-state index in [4.69, 9.17) is 0 Å². The van der Waals surface area contributed by atoms with Crippen LogP contribution in [0.3, 0.4) is 0 Å². The predicted octanol–water partition coefficient (Wildman–Crippen LogP) is 3.24. The molecule has 1 aliphatic heterocycles. The van der Waals surface area contributed by atoms with E-state index >= 15 is 0 Å². The third-order valence-electron chi connectivity index (χ3n) is 3.65. The zero-order chi connectivity index (χ0) is 12.4. The van der Waals surface area contributed by atoms with Gasteiger partial charge in [-0.2, -0.15) is 5.10 Å². The third kappa shape index (κ3) is 2.21. The van der Waals surface area contributed by atoms with Crippen molar-refractivity contribution in [3.05, 3.63) is 30.5 Å². The molecule has 1 aliphatic rings. The largest absolute Gasteiger partial charge is 0.354 e. The summed E-state index contributed by atoms with van der Waals surface area (Å²) >= 11 is 3.53. The van der Waals surface area contributed by atoms with Gasteiger partial charge in [0, 0.05) is 29.2 Å². The number of rotatable bonds is 3. The highest BCUT2D eigenvalue weighted by molar-refractivity contribution is 9.09. The fraction of sp³-hybridized carbons (Fsp3) is 0.429. The second-order valence-electron chi connectivity index (χ2n) is 4.83. The SMILES string of the molecule is BrCCC1CCN(c2nncc3ccccc23)C1. The normalized spacial score (nSPS) is 19.6. The minimum absolute atomic E-state index is 0.783. The lowest BCUT2D eigenvalue weighted by Crippen LogP contribution is -2.21. The molecular weight excluding hydrogens is 290 g/mol. The lowest BCUT2D eigenvalue weighted by molar-refractivity contribution is 0.575. The van der Waals surface area contributed by atoms with Crippen molar-refractivity contribution in [3.8, 4) is 0 Å².